The van der Waals surface area contributed by atoms with Gasteiger partial charge >= 0.3 is 0 Å². The molecule has 0 unspecified atom stereocenters. The number of para-hydroxylation sites is 1. The fourth-order valence-corrected chi connectivity index (χ4v) is 2.05. The number of nitro benzene ring substituents is 2. The molecule has 2 rings (SSSR count). The lowest BCUT2D eigenvalue weighted by atomic mass is 10.2. The number of anilines is 2. The second-order valence-electron chi connectivity index (χ2n) is 3.97. The Labute approximate surface area is 126 Å². The van der Waals surface area contributed by atoms with Crippen molar-refractivity contribution in [2.75, 3.05) is 5.32 Å². The van der Waals surface area contributed by atoms with Crippen LogP contribution < -0.4 is 5.32 Å². The van der Waals surface area contributed by atoms with Crippen LogP contribution in [0.25, 0.3) is 0 Å². The van der Waals surface area contributed by atoms with Crippen LogP contribution in [0.4, 0.5) is 22.7 Å². The Bertz CT molecular complexity index is 703. The summed E-state index contributed by atoms with van der Waals surface area (Å²) in [6, 6.07) is 7.91. The summed E-state index contributed by atoms with van der Waals surface area (Å²) in [6.07, 6.45) is 0. The van der Waals surface area contributed by atoms with Gasteiger partial charge in [0.05, 0.1) is 15.5 Å². The number of phenolic OH excluding ortho intramolecular Hbond substituents is 1. The third-order valence-corrected chi connectivity index (χ3v) is 3.13. The van der Waals surface area contributed by atoms with Gasteiger partial charge in [0.2, 0.25) is 0 Å². The van der Waals surface area contributed by atoms with Gasteiger partial charge in [-0.1, -0.05) is 15.9 Å². The van der Waals surface area contributed by atoms with E-state index < -0.39 is 21.2 Å². The van der Waals surface area contributed by atoms with Crippen LogP contribution >= 0.6 is 15.9 Å². The zero-order chi connectivity index (χ0) is 15.6. The molecule has 0 spiro atoms. The summed E-state index contributed by atoms with van der Waals surface area (Å²) in [5, 5.41) is 34.3. The summed E-state index contributed by atoms with van der Waals surface area (Å²) < 4.78 is 0.600. The lowest BCUT2D eigenvalue weighted by Crippen LogP contribution is -2.01. The van der Waals surface area contributed by atoms with Crippen LogP contribution in [0.2, 0.25) is 0 Å². The molecule has 9 heteroatoms. The molecule has 0 saturated carbocycles. The van der Waals surface area contributed by atoms with Crippen LogP contribution in [0.5, 0.6) is 5.75 Å². The average molecular weight is 354 g/mol. The molecular formula is C12H8BrN3O5. The van der Waals surface area contributed by atoms with Gasteiger partial charge in [-0.25, -0.2) is 0 Å². The molecule has 0 amide bonds. The molecule has 0 aliphatic rings. The van der Waals surface area contributed by atoms with E-state index in [-0.39, 0.29) is 17.1 Å². The molecule has 0 radical (unpaired) electrons. The Morgan fingerprint density at radius 3 is 2.10 bits per heavy atom. The van der Waals surface area contributed by atoms with Crippen molar-refractivity contribution in [2.45, 2.75) is 0 Å². The van der Waals surface area contributed by atoms with Crippen molar-refractivity contribution in [1.82, 2.24) is 0 Å². The number of nitrogens with zero attached hydrogens (tertiary/aromatic N) is 2. The molecule has 0 saturated heterocycles. The predicted molar refractivity (Wildman–Crippen MR) is 78.8 cm³/mol. The number of hydrogen-bond acceptors (Lipinski definition) is 6. The maximum Gasteiger partial charge on any atom is 0.299 e. The van der Waals surface area contributed by atoms with Gasteiger partial charge in [0.15, 0.2) is 5.69 Å². The van der Waals surface area contributed by atoms with Gasteiger partial charge in [-0.3, -0.25) is 20.2 Å². The van der Waals surface area contributed by atoms with Crippen LogP contribution in [-0.2, 0) is 0 Å². The molecule has 2 N–H and O–H groups in total. The van der Waals surface area contributed by atoms with E-state index in [4.69, 9.17) is 0 Å². The molecule has 108 valence electrons. The molecular weight excluding hydrogens is 346 g/mol. The highest BCUT2D eigenvalue weighted by atomic mass is 79.9. The molecule has 21 heavy (non-hydrogen) atoms. The fraction of sp³-hybridized carbons (Fsp3) is 0. The fourth-order valence-electron chi connectivity index (χ4n) is 1.71. The quantitative estimate of drug-likeness (QED) is 0.491. The first-order chi connectivity index (χ1) is 9.90. The van der Waals surface area contributed by atoms with Crippen molar-refractivity contribution < 1.29 is 15.0 Å². The Balaban J connectivity index is 2.56. The number of nitro groups is 2. The molecule has 0 heterocycles. The summed E-state index contributed by atoms with van der Waals surface area (Å²) in [7, 11) is 0. The van der Waals surface area contributed by atoms with Crippen LogP contribution in [0.3, 0.4) is 0 Å². The van der Waals surface area contributed by atoms with E-state index in [0.29, 0.717) is 4.47 Å². The van der Waals surface area contributed by atoms with E-state index in [1.165, 1.54) is 18.2 Å². The lowest BCUT2D eigenvalue weighted by molar-refractivity contribution is -0.392. The molecule has 0 aromatic heterocycles. The Kier molecular flexibility index (Phi) is 4.03. The summed E-state index contributed by atoms with van der Waals surface area (Å²) in [6.45, 7) is 0. The number of aromatic hydroxyl groups is 1. The predicted octanol–water partition coefficient (Wildman–Crippen LogP) is 3.71. The highest BCUT2D eigenvalue weighted by Crippen LogP contribution is 2.38. The van der Waals surface area contributed by atoms with E-state index in [0.717, 1.165) is 12.1 Å². The van der Waals surface area contributed by atoms with Crippen LogP contribution in [0, 0.1) is 20.2 Å². The van der Waals surface area contributed by atoms with Crippen LogP contribution in [0.15, 0.2) is 40.9 Å². The summed E-state index contributed by atoms with van der Waals surface area (Å²) >= 11 is 3.15. The third-order valence-electron chi connectivity index (χ3n) is 2.63. The van der Waals surface area contributed by atoms with E-state index >= 15 is 0 Å². The van der Waals surface area contributed by atoms with Crippen molar-refractivity contribution in [3.05, 3.63) is 61.1 Å². The second-order valence-corrected chi connectivity index (χ2v) is 4.89. The van der Waals surface area contributed by atoms with Crippen molar-refractivity contribution in [1.29, 1.82) is 0 Å². The van der Waals surface area contributed by atoms with Crippen LogP contribution in [0.1, 0.15) is 0 Å². The molecule has 8 nitrogen and oxygen atoms in total. The van der Waals surface area contributed by atoms with Crippen molar-refractivity contribution >= 4 is 38.7 Å². The van der Waals surface area contributed by atoms with Gasteiger partial charge in [0.25, 0.3) is 11.4 Å². The Morgan fingerprint density at radius 1 is 1.05 bits per heavy atom. The maximum atomic E-state index is 11.0. The zero-order valence-corrected chi connectivity index (χ0v) is 11.9. The molecule has 2 aromatic rings. The van der Waals surface area contributed by atoms with Gasteiger partial charge in [-0.05, 0) is 24.3 Å². The van der Waals surface area contributed by atoms with E-state index in [1.807, 2.05) is 0 Å². The highest BCUT2D eigenvalue weighted by molar-refractivity contribution is 9.10. The highest BCUT2D eigenvalue weighted by Gasteiger charge is 2.25. The molecule has 0 fully saturated rings. The number of halogens is 1. The number of phenols is 1. The molecule has 0 aliphatic heterocycles. The monoisotopic (exact) mass is 353 g/mol. The topological polar surface area (TPSA) is 119 Å². The number of benzene rings is 2. The first kappa shape index (κ1) is 14.7. The third kappa shape index (κ3) is 3.08. The summed E-state index contributed by atoms with van der Waals surface area (Å²) in [5.41, 5.74) is -1.07. The normalized spacial score (nSPS) is 10.1. The minimum Gasteiger partial charge on any atom is -0.506 e. The smallest absolute Gasteiger partial charge is 0.299 e. The molecule has 0 bridgehead atoms. The molecule has 0 aliphatic carbocycles. The zero-order valence-electron chi connectivity index (χ0n) is 10.3. The van der Waals surface area contributed by atoms with Crippen molar-refractivity contribution in [3.8, 4) is 5.75 Å². The Morgan fingerprint density at radius 2 is 1.62 bits per heavy atom. The van der Waals surface area contributed by atoms with Gasteiger partial charge < -0.3 is 10.4 Å². The average Bonchev–Trinajstić information content (AvgIpc) is 2.41. The van der Waals surface area contributed by atoms with Gasteiger partial charge in [-0.2, -0.15) is 0 Å². The van der Waals surface area contributed by atoms with Crippen molar-refractivity contribution in [2.24, 2.45) is 0 Å². The lowest BCUT2D eigenvalue weighted by Gasteiger charge is -2.09. The minimum atomic E-state index is -0.731. The number of nitrogens with one attached hydrogen (secondary N) is 1. The van der Waals surface area contributed by atoms with Gasteiger partial charge in [-0.15, -0.1) is 0 Å². The first-order valence-electron chi connectivity index (χ1n) is 5.57. The van der Waals surface area contributed by atoms with E-state index in [9.17, 15) is 25.3 Å². The second kappa shape index (κ2) is 5.75. The maximum absolute atomic E-state index is 11.0. The van der Waals surface area contributed by atoms with Crippen LogP contribution in [-0.4, -0.2) is 15.0 Å². The van der Waals surface area contributed by atoms with E-state index in [1.54, 1.807) is 6.07 Å². The Hall–Kier alpha value is -2.68. The molecule has 0 atom stereocenters. The number of hydrogen-bond donors (Lipinski definition) is 2. The van der Waals surface area contributed by atoms with E-state index in [2.05, 4.69) is 21.2 Å². The first-order valence-corrected chi connectivity index (χ1v) is 6.37. The van der Waals surface area contributed by atoms with Gasteiger partial charge in [0, 0.05) is 16.6 Å². The standard InChI is InChI=1S/C12H8BrN3O5/c13-7-4-5-8(11(17)6-7)14-12-9(15(18)19)2-1-3-10(12)16(20)21/h1-6,14,17H. The summed E-state index contributed by atoms with van der Waals surface area (Å²) in [4.78, 5) is 20.5. The largest absolute Gasteiger partial charge is 0.506 e. The minimum absolute atomic E-state index is 0.121. The SMILES string of the molecule is O=[N+]([O-])c1cccc([N+](=O)[O-])c1Nc1ccc(Br)cc1O. The summed E-state index contributed by atoms with van der Waals surface area (Å²) in [5.74, 6) is -0.197. The molecule has 2 aromatic carbocycles. The number of rotatable bonds is 4. The van der Waals surface area contributed by atoms with Crippen molar-refractivity contribution in [3.63, 3.8) is 0 Å². The van der Waals surface area contributed by atoms with Gasteiger partial charge in [0.1, 0.15) is 5.75 Å².